The van der Waals surface area contributed by atoms with Gasteiger partial charge in [0.1, 0.15) is 0 Å². The highest BCUT2D eigenvalue weighted by Crippen LogP contribution is 2.41. The van der Waals surface area contributed by atoms with Crippen molar-refractivity contribution in [2.75, 3.05) is 36.4 Å². The van der Waals surface area contributed by atoms with Crippen molar-refractivity contribution < 1.29 is 14.7 Å². The van der Waals surface area contributed by atoms with E-state index in [4.69, 9.17) is 0 Å². The Kier molecular flexibility index (Phi) is 7.31. The van der Waals surface area contributed by atoms with Crippen molar-refractivity contribution in [1.82, 2.24) is 10.2 Å². The number of carbonyl (C=O) groups excluding carboxylic acids is 2. The molecule has 0 bridgehead atoms. The topological polar surface area (TPSA) is 84.9 Å². The van der Waals surface area contributed by atoms with Crippen molar-refractivity contribution in [3.05, 3.63) is 57.6 Å². The van der Waals surface area contributed by atoms with Crippen LogP contribution in [0.15, 0.2) is 40.9 Å². The highest BCUT2D eigenvalue weighted by atomic mass is 79.9. The van der Waals surface area contributed by atoms with Gasteiger partial charge in [0.15, 0.2) is 0 Å². The molecule has 182 valence electrons. The average Bonchev–Trinajstić information content (AvgIpc) is 2.79. The summed E-state index contributed by atoms with van der Waals surface area (Å²) in [5.74, 6) is 0.0817. The summed E-state index contributed by atoms with van der Waals surface area (Å²) in [5, 5.41) is 17.7. The van der Waals surface area contributed by atoms with Crippen molar-refractivity contribution >= 4 is 39.2 Å². The van der Waals surface area contributed by atoms with E-state index in [1.54, 1.807) is 24.3 Å². The Morgan fingerprint density at radius 2 is 2.03 bits per heavy atom. The van der Waals surface area contributed by atoms with Crippen LogP contribution in [-0.2, 0) is 10.5 Å². The Balaban J connectivity index is 1.59. The van der Waals surface area contributed by atoms with Gasteiger partial charge in [-0.15, -0.1) is 0 Å². The second-order valence-corrected chi connectivity index (χ2v) is 10.5. The number of piperidine rings is 1. The maximum absolute atomic E-state index is 13.6. The zero-order valence-electron chi connectivity index (χ0n) is 20.0. The molecule has 0 aromatic heterocycles. The average molecular weight is 529 g/mol. The van der Waals surface area contributed by atoms with E-state index in [9.17, 15) is 14.7 Å². The van der Waals surface area contributed by atoms with Gasteiger partial charge in [-0.05, 0) is 93.6 Å². The van der Waals surface area contributed by atoms with Gasteiger partial charge >= 0.3 is 6.03 Å². The number of halogens is 1. The summed E-state index contributed by atoms with van der Waals surface area (Å²) in [6.45, 7) is 9.67. The van der Waals surface area contributed by atoms with Crippen LogP contribution in [0.25, 0.3) is 0 Å². The van der Waals surface area contributed by atoms with Crippen LogP contribution in [0, 0.1) is 19.8 Å². The lowest BCUT2D eigenvalue weighted by atomic mass is 9.94. The van der Waals surface area contributed by atoms with Crippen LogP contribution in [0.1, 0.15) is 42.9 Å². The number of likely N-dealkylation sites (tertiary alicyclic amines) is 1. The molecule has 8 heteroatoms. The van der Waals surface area contributed by atoms with E-state index in [0.29, 0.717) is 33.9 Å². The third kappa shape index (κ3) is 4.85. The maximum atomic E-state index is 13.6. The zero-order valence-corrected chi connectivity index (χ0v) is 21.6. The Labute approximate surface area is 209 Å². The molecule has 2 aromatic rings. The molecule has 0 radical (unpaired) electrons. The molecule has 2 aromatic carbocycles. The van der Waals surface area contributed by atoms with Crippen molar-refractivity contribution in [2.45, 2.75) is 45.8 Å². The molecular weight excluding hydrogens is 496 g/mol. The van der Waals surface area contributed by atoms with Crippen molar-refractivity contribution in [3.63, 3.8) is 0 Å². The summed E-state index contributed by atoms with van der Waals surface area (Å²) >= 11 is 3.44. The van der Waals surface area contributed by atoms with E-state index >= 15 is 0 Å². The standard InChI is InChI=1S/C26H33BrN4O3/c1-17-6-4-12-30(16-17)13-5-11-28-24(32)26(34)22-15-20(27)8-10-23(22)29-25(33)31(26)21-9-7-18(2)19(3)14-21/h7-10,14-15,17,34H,4-6,11-13,16H2,1-3H3,(H,28,32)(H,29,33)/t17-,26+/m1/s1. The Morgan fingerprint density at radius 3 is 2.76 bits per heavy atom. The molecule has 2 aliphatic rings. The first-order valence-corrected chi connectivity index (χ1v) is 12.7. The molecule has 2 atom stereocenters. The molecule has 0 saturated carbocycles. The summed E-state index contributed by atoms with van der Waals surface area (Å²) in [4.78, 5) is 30.3. The second kappa shape index (κ2) is 10.1. The minimum absolute atomic E-state index is 0.321. The van der Waals surface area contributed by atoms with E-state index in [1.165, 1.54) is 12.8 Å². The molecule has 3 amide bonds. The molecule has 4 rings (SSSR count). The molecule has 0 unspecified atom stereocenters. The Morgan fingerprint density at radius 1 is 1.24 bits per heavy atom. The minimum atomic E-state index is -2.19. The minimum Gasteiger partial charge on any atom is -0.359 e. The summed E-state index contributed by atoms with van der Waals surface area (Å²) in [7, 11) is 0. The van der Waals surface area contributed by atoms with E-state index in [1.807, 2.05) is 26.0 Å². The first-order chi connectivity index (χ1) is 16.2. The molecular formula is C26H33BrN4O3. The number of benzene rings is 2. The van der Waals surface area contributed by atoms with Crippen LogP contribution in [-0.4, -0.2) is 48.1 Å². The fraction of sp³-hybridized carbons (Fsp3) is 0.462. The van der Waals surface area contributed by atoms with Gasteiger partial charge in [0, 0.05) is 28.8 Å². The fourth-order valence-corrected chi connectivity index (χ4v) is 5.22. The van der Waals surface area contributed by atoms with Crippen LogP contribution < -0.4 is 15.5 Å². The third-order valence-corrected chi connectivity index (χ3v) is 7.36. The number of aliphatic hydroxyl groups is 1. The van der Waals surface area contributed by atoms with E-state index in [-0.39, 0.29) is 0 Å². The molecule has 7 nitrogen and oxygen atoms in total. The highest BCUT2D eigenvalue weighted by molar-refractivity contribution is 9.10. The monoisotopic (exact) mass is 528 g/mol. The summed E-state index contributed by atoms with van der Waals surface area (Å²) in [6, 6.07) is 10.0. The first kappa shape index (κ1) is 24.7. The van der Waals surface area contributed by atoms with Gasteiger partial charge in [0.2, 0.25) is 0 Å². The van der Waals surface area contributed by atoms with Crippen LogP contribution in [0.5, 0.6) is 0 Å². The number of hydrogen-bond acceptors (Lipinski definition) is 4. The van der Waals surface area contributed by atoms with Gasteiger partial charge in [-0.2, -0.15) is 0 Å². The second-order valence-electron chi connectivity index (χ2n) is 9.55. The first-order valence-electron chi connectivity index (χ1n) is 11.9. The molecule has 34 heavy (non-hydrogen) atoms. The van der Waals surface area contributed by atoms with E-state index in [0.717, 1.165) is 42.1 Å². The lowest BCUT2D eigenvalue weighted by Gasteiger charge is -2.43. The van der Waals surface area contributed by atoms with Crippen LogP contribution in [0.2, 0.25) is 0 Å². The van der Waals surface area contributed by atoms with Gasteiger partial charge < -0.3 is 20.6 Å². The van der Waals surface area contributed by atoms with Crippen molar-refractivity contribution in [1.29, 1.82) is 0 Å². The number of carbonyl (C=O) groups is 2. The van der Waals surface area contributed by atoms with Crippen molar-refractivity contribution in [3.8, 4) is 0 Å². The summed E-state index contributed by atoms with van der Waals surface area (Å²) < 4.78 is 0.702. The SMILES string of the molecule is Cc1ccc(N2C(=O)Nc3ccc(Br)cc3[C@]2(O)C(=O)NCCCN2CCC[C@@H](C)C2)cc1C. The number of aryl methyl sites for hydroxylation is 2. The number of rotatable bonds is 6. The predicted octanol–water partition coefficient (Wildman–Crippen LogP) is 4.50. The van der Waals surface area contributed by atoms with Gasteiger partial charge in [0.25, 0.3) is 11.6 Å². The summed E-state index contributed by atoms with van der Waals surface area (Å²) in [6.07, 6.45) is 3.25. The van der Waals surface area contributed by atoms with Gasteiger partial charge in [-0.1, -0.05) is 28.9 Å². The lowest BCUT2D eigenvalue weighted by Crippen LogP contribution is -2.62. The number of anilines is 2. The summed E-state index contributed by atoms with van der Waals surface area (Å²) in [5.41, 5.74) is 1.01. The molecule has 0 aliphatic carbocycles. The van der Waals surface area contributed by atoms with Crippen LogP contribution in [0.4, 0.5) is 16.2 Å². The Hall–Kier alpha value is -2.42. The van der Waals surface area contributed by atoms with Crippen molar-refractivity contribution in [2.24, 2.45) is 5.92 Å². The number of fused-ring (bicyclic) bond motifs is 1. The van der Waals surface area contributed by atoms with Gasteiger partial charge in [-0.25, -0.2) is 4.79 Å². The number of nitrogens with zero attached hydrogens (tertiary/aromatic N) is 2. The molecule has 2 aliphatic heterocycles. The van der Waals surface area contributed by atoms with E-state index < -0.39 is 17.7 Å². The quantitative estimate of drug-likeness (QED) is 0.482. The molecule has 1 saturated heterocycles. The Bertz CT molecular complexity index is 1090. The van der Waals surface area contributed by atoms with Gasteiger partial charge in [-0.3, -0.25) is 9.69 Å². The number of hydrogen-bond donors (Lipinski definition) is 3. The number of nitrogens with one attached hydrogen (secondary N) is 2. The van der Waals surface area contributed by atoms with E-state index in [2.05, 4.69) is 38.4 Å². The zero-order chi connectivity index (χ0) is 24.5. The fourth-order valence-electron chi connectivity index (χ4n) is 4.86. The highest BCUT2D eigenvalue weighted by Gasteiger charge is 2.52. The third-order valence-electron chi connectivity index (χ3n) is 6.87. The van der Waals surface area contributed by atoms with Crippen LogP contribution >= 0.6 is 15.9 Å². The molecule has 2 heterocycles. The lowest BCUT2D eigenvalue weighted by molar-refractivity contribution is -0.140. The maximum Gasteiger partial charge on any atom is 0.329 e. The molecule has 0 spiro atoms. The largest absolute Gasteiger partial charge is 0.359 e. The van der Waals surface area contributed by atoms with Gasteiger partial charge in [0.05, 0.1) is 5.69 Å². The molecule has 3 N–H and O–H groups in total. The van der Waals surface area contributed by atoms with Crippen LogP contribution in [0.3, 0.4) is 0 Å². The number of urea groups is 1. The predicted molar refractivity (Wildman–Crippen MR) is 138 cm³/mol. The smallest absolute Gasteiger partial charge is 0.329 e. The molecule has 1 fully saturated rings. The normalized spacial score (nSPS) is 22.8. The number of amides is 3.